The highest BCUT2D eigenvalue weighted by Gasteiger charge is 2.38. The molecule has 0 spiro atoms. The van der Waals surface area contributed by atoms with Crippen molar-refractivity contribution >= 4 is 10.2 Å². The molecule has 7 heteroatoms. The monoisotopic (exact) mass is 319 g/mol. The van der Waals surface area contributed by atoms with Crippen molar-refractivity contribution in [2.24, 2.45) is 0 Å². The second-order valence-corrected chi connectivity index (χ2v) is 8.93. The standard InChI is InChI=1S/C14H29N3O3S/c1-12-10-17(11-14(2,3)20-12)21(18,19)16(4)9-5-8-15-13-6-7-13/h12-13,15H,5-11H2,1-4H3. The van der Waals surface area contributed by atoms with E-state index in [4.69, 9.17) is 4.74 Å². The van der Waals surface area contributed by atoms with E-state index < -0.39 is 15.8 Å². The molecule has 1 atom stereocenters. The Morgan fingerprint density at radius 1 is 1.38 bits per heavy atom. The molecule has 1 unspecified atom stereocenters. The Labute approximate surface area is 129 Å². The summed E-state index contributed by atoms with van der Waals surface area (Å²) >= 11 is 0. The van der Waals surface area contributed by atoms with Gasteiger partial charge in [-0.3, -0.25) is 0 Å². The van der Waals surface area contributed by atoms with Crippen molar-refractivity contribution in [2.45, 2.75) is 57.8 Å². The molecule has 1 saturated heterocycles. The molecule has 6 nitrogen and oxygen atoms in total. The summed E-state index contributed by atoms with van der Waals surface area (Å²) < 4.78 is 34.1. The van der Waals surface area contributed by atoms with Crippen molar-refractivity contribution in [1.29, 1.82) is 0 Å². The lowest BCUT2D eigenvalue weighted by Gasteiger charge is -2.42. The predicted molar refractivity (Wildman–Crippen MR) is 83.4 cm³/mol. The summed E-state index contributed by atoms with van der Waals surface area (Å²) in [5.41, 5.74) is -0.431. The van der Waals surface area contributed by atoms with Crippen LogP contribution in [0.2, 0.25) is 0 Å². The summed E-state index contributed by atoms with van der Waals surface area (Å²) in [5.74, 6) is 0. The van der Waals surface area contributed by atoms with Gasteiger partial charge in [0.1, 0.15) is 0 Å². The number of morpholine rings is 1. The van der Waals surface area contributed by atoms with Crippen LogP contribution in [0.1, 0.15) is 40.0 Å². The Hall–Kier alpha value is -0.210. The van der Waals surface area contributed by atoms with Crippen LogP contribution in [0.15, 0.2) is 0 Å². The minimum Gasteiger partial charge on any atom is -0.370 e. The molecule has 1 N–H and O–H groups in total. The fourth-order valence-electron chi connectivity index (χ4n) is 2.78. The van der Waals surface area contributed by atoms with Crippen LogP contribution in [-0.2, 0) is 14.9 Å². The molecular formula is C14H29N3O3S. The fraction of sp³-hybridized carbons (Fsp3) is 1.00. The number of nitrogens with one attached hydrogen (secondary N) is 1. The lowest BCUT2D eigenvalue weighted by atomic mass is 10.1. The Kier molecular flexibility index (Phi) is 5.31. The van der Waals surface area contributed by atoms with Gasteiger partial charge in [0.05, 0.1) is 11.7 Å². The van der Waals surface area contributed by atoms with Crippen LogP contribution in [0.3, 0.4) is 0 Å². The van der Waals surface area contributed by atoms with Crippen molar-refractivity contribution in [3.8, 4) is 0 Å². The number of nitrogens with zero attached hydrogens (tertiary/aromatic N) is 2. The molecule has 2 aliphatic rings. The van der Waals surface area contributed by atoms with E-state index in [1.165, 1.54) is 17.1 Å². The largest absolute Gasteiger partial charge is 0.370 e. The van der Waals surface area contributed by atoms with Crippen molar-refractivity contribution in [3.05, 3.63) is 0 Å². The number of hydrogen-bond donors (Lipinski definition) is 1. The Bertz CT molecular complexity index is 448. The van der Waals surface area contributed by atoms with Crippen LogP contribution in [0, 0.1) is 0 Å². The summed E-state index contributed by atoms with van der Waals surface area (Å²) in [6.07, 6.45) is 3.28. The average molecular weight is 319 g/mol. The lowest BCUT2D eigenvalue weighted by molar-refractivity contribution is -0.110. The summed E-state index contributed by atoms with van der Waals surface area (Å²) in [5, 5.41) is 3.41. The third-order valence-electron chi connectivity index (χ3n) is 3.92. The van der Waals surface area contributed by atoms with Gasteiger partial charge in [-0.1, -0.05) is 0 Å². The van der Waals surface area contributed by atoms with Gasteiger partial charge >= 0.3 is 0 Å². The molecule has 1 aliphatic carbocycles. The first-order valence-corrected chi connectivity index (χ1v) is 9.23. The zero-order valence-corrected chi connectivity index (χ0v) is 14.4. The second-order valence-electron chi connectivity index (χ2n) is 6.89. The molecule has 0 aromatic heterocycles. The van der Waals surface area contributed by atoms with Crippen LogP contribution >= 0.6 is 0 Å². The Morgan fingerprint density at radius 3 is 2.62 bits per heavy atom. The normalized spacial score (nSPS) is 27.2. The van der Waals surface area contributed by atoms with Gasteiger partial charge < -0.3 is 10.1 Å². The highest BCUT2D eigenvalue weighted by Crippen LogP contribution is 2.24. The zero-order valence-electron chi connectivity index (χ0n) is 13.6. The van der Waals surface area contributed by atoms with Gasteiger partial charge in [0.15, 0.2) is 0 Å². The quantitative estimate of drug-likeness (QED) is 0.705. The SMILES string of the molecule is CC1CN(S(=O)(=O)N(C)CCCNC2CC2)CC(C)(C)O1. The summed E-state index contributed by atoms with van der Waals surface area (Å²) in [7, 11) is -1.73. The van der Waals surface area contributed by atoms with Crippen molar-refractivity contribution in [1.82, 2.24) is 13.9 Å². The van der Waals surface area contributed by atoms with Gasteiger partial charge in [-0.05, 0) is 46.6 Å². The Morgan fingerprint density at radius 2 is 2.05 bits per heavy atom. The van der Waals surface area contributed by atoms with Gasteiger partial charge in [0, 0.05) is 32.7 Å². The molecule has 2 fully saturated rings. The summed E-state index contributed by atoms with van der Waals surface area (Å²) in [4.78, 5) is 0. The van der Waals surface area contributed by atoms with E-state index in [1.54, 1.807) is 11.4 Å². The second kappa shape index (κ2) is 6.50. The van der Waals surface area contributed by atoms with E-state index in [1.807, 2.05) is 20.8 Å². The van der Waals surface area contributed by atoms with E-state index >= 15 is 0 Å². The van der Waals surface area contributed by atoms with E-state index in [-0.39, 0.29) is 6.10 Å². The lowest BCUT2D eigenvalue weighted by Crippen LogP contribution is -2.56. The average Bonchev–Trinajstić information content (AvgIpc) is 3.15. The highest BCUT2D eigenvalue weighted by atomic mass is 32.2. The maximum atomic E-state index is 12.6. The van der Waals surface area contributed by atoms with Crippen LogP contribution in [0.25, 0.3) is 0 Å². The topological polar surface area (TPSA) is 61.9 Å². The summed E-state index contributed by atoms with van der Waals surface area (Å²) in [6.45, 7) is 8.06. The molecule has 0 aromatic rings. The molecule has 1 heterocycles. The van der Waals surface area contributed by atoms with Crippen LogP contribution in [0.5, 0.6) is 0 Å². The van der Waals surface area contributed by atoms with Gasteiger partial charge in [-0.2, -0.15) is 17.0 Å². The molecule has 0 aromatic carbocycles. The molecule has 0 amide bonds. The molecule has 1 saturated carbocycles. The first-order valence-electron chi connectivity index (χ1n) is 7.83. The molecule has 21 heavy (non-hydrogen) atoms. The van der Waals surface area contributed by atoms with E-state index in [0.29, 0.717) is 25.7 Å². The molecular weight excluding hydrogens is 290 g/mol. The number of hydrogen-bond acceptors (Lipinski definition) is 4. The Balaban J connectivity index is 1.86. The highest BCUT2D eigenvalue weighted by molar-refractivity contribution is 7.86. The maximum Gasteiger partial charge on any atom is 0.281 e. The van der Waals surface area contributed by atoms with Crippen molar-refractivity contribution in [2.75, 3.05) is 33.2 Å². The van der Waals surface area contributed by atoms with Gasteiger partial charge in [-0.25, -0.2) is 0 Å². The third-order valence-corrected chi connectivity index (χ3v) is 5.82. The minimum absolute atomic E-state index is 0.0755. The van der Waals surface area contributed by atoms with Gasteiger partial charge in [-0.15, -0.1) is 0 Å². The van der Waals surface area contributed by atoms with Crippen molar-refractivity contribution in [3.63, 3.8) is 0 Å². The summed E-state index contributed by atoms with van der Waals surface area (Å²) in [6, 6.07) is 0.674. The predicted octanol–water partition coefficient (Wildman–Crippen LogP) is 0.804. The van der Waals surface area contributed by atoms with Crippen LogP contribution in [-0.4, -0.2) is 68.0 Å². The molecule has 2 rings (SSSR count). The maximum absolute atomic E-state index is 12.6. The van der Waals surface area contributed by atoms with Crippen LogP contribution < -0.4 is 5.32 Å². The first-order chi connectivity index (χ1) is 9.71. The van der Waals surface area contributed by atoms with E-state index in [9.17, 15) is 8.42 Å². The van der Waals surface area contributed by atoms with Gasteiger partial charge in [0.25, 0.3) is 10.2 Å². The van der Waals surface area contributed by atoms with E-state index in [0.717, 1.165) is 13.0 Å². The van der Waals surface area contributed by atoms with E-state index in [2.05, 4.69) is 5.32 Å². The minimum atomic E-state index is -3.39. The smallest absolute Gasteiger partial charge is 0.281 e. The van der Waals surface area contributed by atoms with Crippen molar-refractivity contribution < 1.29 is 13.2 Å². The molecule has 0 radical (unpaired) electrons. The number of rotatable bonds is 7. The zero-order chi connectivity index (χ0) is 15.7. The molecule has 0 bridgehead atoms. The molecule has 1 aliphatic heterocycles. The fourth-order valence-corrected chi connectivity index (χ4v) is 4.41. The van der Waals surface area contributed by atoms with Gasteiger partial charge in [0.2, 0.25) is 0 Å². The first kappa shape index (κ1) is 17.1. The molecule has 124 valence electrons. The third kappa shape index (κ3) is 4.89. The van der Waals surface area contributed by atoms with Crippen LogP contribution in [0.4, 0.5) is 0 Å². The number of ether oxygens (including phenoxy) is 1.